The van der Waals surface area contributed by atoms with Crippen LogP contribution in [0.4, 0.5) is 4.79 Å². The van der Waals surface area contributed by atoms with Crippen LogP contribution in [-0.2, 0) is 20.8 Å². The molecule has 2 atom stereocenters. The lowest BCUT2D eigenvalue weighted by Gasteiger charge is -2.25. The first-order chi connectivity index (χ1) is 15.8. The third kappa shape index (κ3) is 5.97. The number of ether oxygens (including phenoxy) is 1. The molecule has 0 aliphatic carbocycles. The van der Waals surface area contributed by atoms with Crippen molar-refractivity contribution in [3.05, 3.63) is 77.5 Å². The molecule has 9 nitrogen and oxygen atoms in total. The molecule has 33 heavy (non-hydrogen) atoms. The number of nitrogens with one attached hydrogen (secondary N) is 2. The predicted octanol–water partition coefficient (Wildman–Crippen LogP) is 2.02. The molecule has 1 aliphatic rings. The summed E-state index contributed by atoms with van der Waals surface area (Å²) in [6.45, 7) is 0. The first-order valence-electron chi connectivity index (χ1n) is 10.3. The number of hydrogen-bond donors (Lipinski definition) is 3. The normalized spacial score (nSPS) is 16.3. The number of benzene rings is 2. The average Bonchev–Trinajstić information content (AvgIpc) is 2.79. The largest absolute Gasteiger partial charge is 0.496 e. The Kier molecular flexibility index (Phi) is 7.45. The van der Waals surface area contributed by atoms with E-state index in [1.54, 1.807) is 19.2 Å². The van der Waals surface area contributed by atoms with Crippen LogP contribution in [0.3, 0.4) is 0 Å². The third-order valence-corrected chi connectivity index (χ3v) is 5.24. The van der Waals surface area contributed by atoms with E-state index in [4.69, 9.17) is 4.74 Å². The standard InChI is InChI=1S/C24H25N3O6/c1-27-11-10-19(28)22(23(27)31)26-24(32)25-18(14-21(29)30)16-8-5-6-15(12-16)13-17-7-3-4-9-20(17)33-2/h3-12,18,22H,13-14H2,1-2H3,(H,29,30)(H2,25,26,32). The zero-order chi connectivity index (χ0) is 24.0. The zero-order valence-corrected chi connectivity index (χ0v) is 18.3. The second-order valence-corrected chi connectivity index (χ2v) is 7.60. The highest BCUT2D eigenvalue weighted by Crippen LogP contribution is 2.24. The Hall–Kier alpha value is -4.14. The van der Waals surface area contributed by atoms with Crippen molar-refractivity contribution < 1.29 is 29.0 Å². The summed E-state index contributed by atoms with van der Waals surface area (Å²) in [5.74, 6) is -1.50. The van der Waals surface area contributed by atoms with Crippen molar-refractivity contribution in [1.82, 2.24) is 15.5 Å². The lowest BCUT2D eigenvalue weighted by atomic mass is 9.97. The molecular weight excluding hydrogens is 426 g/mol. The van der Waals surface area contributed by atoms with Gasteiger partial charge in [-0.25, -0.2) is 4.79 Å². The maximum atomic E-state index is 12.6. The average molecular weight is 451 g/mol. The van der Waals surface area contributed by atoms with Crippen LogP contribution in [-0.4, -0.2) is 53.9 Å². The number of para-hydroxylation sites is 1. The Morgan fingerprint density at radius 1 is 1.15 bits per heavy atom. The summed E-state index contributed by atoms with van der Waals surface area (Å²) in [7, 11) is 3.06. The maximum absolute atomic E-state index is 12.6. The molecular formula is C24H25N3O6. The number of likely N-dealkylation sites (N-methyl/N-ethyl adjacent to an activating group) is 1. The van der Waals surface area contributed by atoms with Crippen molar-refractivity contribution in [2.45, 2.75) is 24.9 Å². The van der Waals surface area contributed by atoms with E-state index in [-0.39, 0.29) is 6.42 Å². The first-order valence-corrected chi connectivity index (χ1v) is 10.3. The molecule has 0 bridgehead atoms. The number of amides is 3. The number of nitrogens with zero attached hydrogens (tertiary/aromatic N) is 1. The number of rotatable bonds is 8. The quantitative estimate of drug-likeness (QED) is 0.528. The highest BCUT2D eigenvalue weighted by atomic mass is 16.5. The Balaban J connectivity index is 1.77. The van der Waals surface area contributed by atoms with Gasteiger partial charge in [-0.05, 0) is 22.8 Å². The highest BCUT2D eigenvalue weighted by molar-refractivity contribution is 6.14. The summed E-state index contributed by atoms with van der Waals surface area (Å²) in [6, 6.07) is 11.7. The lowest BCUT2D eigenvalue weighted by molar-refractivity contribution is -0.138. The lowest BCUT2D eigenvalue weighted by Crippen LogP contribution is -2.55. The van der Waals surface area contributed by atoms with E-state index in [9.17, 15) is 24.3 Å². The van der Waals surface area contributed by atoms with Gasteiger partial charge in [0.1, 0.15) is 5.75 Å². The number of hydrogen-bond acceptors (Lipinski definition) is 5. The molecule has 0 radical (unpaired) electrons. The van der Waals surface area contributed by atoms with E-state index in [0.29, 0.717) is 12.0 Å². The molecule has 0 saturated carbocycles. The Morgan fingerprint density at radius 3 is 2.64 bits per heavy atom. The van der Waals surface area contributed by atoms with Gasteiger partial charge < -0.3 is 25.4 Å². The monoisotopic (exact) mass is 451 g/mol. The van der Waals surface area contributed by atoms with Crippen LogP contribution >= 0.6 is 0 Å². The van der Waals surface area contributed by atoms with Gasteiger partial charge in [-0.2, -0.15) is 0 Å². The van der Waals surface area contributed by atoms with Crippen LogP contribution in [0.2, 0.25) is 0 Å². The van der Waals surface area contributed by atoms with E-state index >= 15 is 0 Å². The van der Waals surface area contributed by atoms with E-state index < -0.39 is 35.8 Å². The zero-order valence-electron chi connectivity index (χ0n) is 18.3. The number of aliphatic carboxylic acids is 1. The topological polar surface area (TPSA) is 125 Å². The second-order valence-electron chi connectivity index (χ2n) is 7.60. The summed E-state index contributed by atoms with van der Waals surface area (Å²) >= 11 is 0. The molecule has 0 spiro atoms. The van der Waals surface area contributed by atoms with Crippen molar-refractivity contribution in [3.63, 3.8) is 0 Å². The molecule has 2 aromatic carbocycles. The fourth-order valence-corrected chi connectivity index (χ4v) is 3.56. The summed E-state index contributed by atoms with van der Waals surface area (Å²) in [6.07, 6.45) is 2.69. The molecule has 9 heteroatoms. The molecule has 2 aromatic rings. The fraction of sp³-hybridized carbons (Fsp3) is 0.250. The van der Waals surface area contributed by atoms with E-state index in [1.807, 2.05) is 36.4 Å². The molecule has 3 rings (SSSR count). The van der Waals surface area contributed by atoms with Crippen molar-refractivity contribution in [3.8, 4) is 5.75 Å². The minimum absolute atomic E-state index is 0.377. The van der Waals surface area contributed by atoms with Gasteiger partial charge in [-0.3, -0.25) is 14.4 Å². The van der Waals surface area contributed by atoms with Crippen molar-refractivity contribution >= 4 is 23.7 Å². The van der Waals surface area contributed by atoms with Gasteiger partial charge in [0.25, 0.3) is 5.91 Å². The SMILES string of the molecule is COc1ccccc1Cc1cccc(C(CC(=O)O)NC(=O)NC2C(=O)C=CN(C)C2=O)c1. The van der Waals surface area contributed by atoms with Gasteiger partial charge >= 0.3 is 12.0 Å². The number of carboxylic acid groups (broad SMARTS) is 1. The molecule has 1 heterocycles. The second kappa shape index (κ2) is 10.4. The number of carboxylic acids is 1. The van der Waals surface area contributed by atoms with Gasteiger partial charge in [0.2, 0.25) is 0 Å². The molecule has 3 amide bonds. The Labute approximate surface area is 191 Å². The van der Waals surface area contributed by atoms with Crippen molar-refractivity contribution in [1.29, 1.82) is 0 Å². The van der Waals surface area contributed by atoms with Crippen molar-refractivity contribution in [2.24, 2.45) is 0 Å². The summed E-state index contributed by atoms with van der Waals surface area (Å²) < 4.78 is 5.39. The first kappa shape index (κ1) is 23.5. The fourth-order valence-electron chi connectivity index (χ4n) is 3.56. The molecule has 172 valence electrons. The van der Waals surface area contributed by atoms with E-state index in [1.165, 1.54) is 24.2 Å². The summed E-state index contributed by atoms with van der Waals surface area (Å²) in [5.41, 5.74) is 2.45. The van der Waals surface area contributed by atoms with Gasteiger partial charge in [-0.1, -0.05) is 42.5 Å². The summed E-state index contributed by atoms with van der Waals surface area (Å²) in [5, 5.41) is 14.3. The van der Waals surface area contributed by atoms with E-state index in [0.717, 1.165) is 16.9 Å². The predicted molar refractivity (Wildman–Crippen MR) is 120 cm³/mol. The number of methoxy groups -OCH3 is 1. The van der Waals surface area contributed by atoms with Gasteiger partial charge in [0, 0.05) is 25.7 Å². The molecule has 0 fully saturated rings. The van der Waals surface area contributed by atoms with Crippen LogP contribution in [0.25, 0.3) is 0 Å². The third-order valence-electron chi connectivity index (χ3n) is 5.24. The molecule has 0 aromatic heterocycles. The molecule has 2 unspecified atom stereocenters. The smallest absolute Gasteiger partial charge is 0.316 e. The Morgan fingerprint density at radius 2 is 1.91 bits per heavy atom. The maximum Gasteiger partial charge on any atom is 0.316 e. The van der Waals surface area contributed by atoms with Crippen LogP contribution in [0.5, 0.6) is 5.75 Å². The van der Waals surface area contributed by atoms with Gasteiger partial charge in [-0.15, -0.1) is 0 Å². The highest BCUT2D eigenvalue weighted by Gasteiger charge is 2.32. The molecule has 3 N–H and O–H groups in total. The summed E-state index contributed by atoms with van der Waals surface area (Å²) in [4.78, 5) is 49.4. The number of carbonyl (C=O) groups is 4. The van der Waals surface area contributed by atoms with Gasteiger partial charge in [0.15, 0.2) is 11.8 Å². The minimum Gasteiger partial charge on any atom is -0.496 e. The van der Waals surface area contributed by atoms with Crippen LogP contribution in [0.15, 0.2) is 60.8 Å². The van der Waals surface area contributed by atoms with Crippen LogP contribution in [0.1, 0.15) is 29.2 Å². The number of urea groups is 1. The Bertz CT molecular complexity index is 1100. The molecule has 1 aliphatic heterocycles. The molecule has 0 saturated heterocycles. The van der Waals surface area contributed by atoms with Crippen LogP contribution in [0, 0.1) is 0 Å². The van der Waals surface area contributed by atoms with E-state index in [2.05, 4.69) is 10.6 Å². The van der Waals surface area contributed by atoms with Crippen molar-refractivity contribution in [2.75, 3.05) is 14.2 Å². The van der Waals surface area contributed by atoms with Crippen LogP contribution < -0.4 is 15.4 Å². The number of ketones is 1. The van der Waals surface area contributed by atoms with Gasteiger partial charge in [0.05, 0.1) is 19.6 Å². The minimum atomic E-state index is -1.36. The number of carbonyl (C=O) groups excluding carboxylic acids is 3.